The first-order chi connectivity index (χ1) is 7.75. The highest BCUT2D eigenvalue weighted by Gasteiger charge is 2.41. The van der Waals surface area contributed by atoms with E-state index in [2.05, 4.69) is 4.98 Å². The van der Waals surface area contributed by atoms with E-state index in [0.29, 0.717) is 0 Å². The van der Waals surface area contributed by atoms with Crippen molar-refractivity contribution in [3.63, 3.8) is 0 Å². The second-order valence-electron chi connectivity index (χ2n) is 5.56. The standard InChI is InChI=1S/C13H19NOS/c15-13(7-12-8-14-9-16-12)5-1-2-11(6-13)10-3-4-10/h8-11,15H,1-7H2. The van der Waals surface area contributed by atoms with Crippen molar-refractivity contribution in [3.8, 4) is 0 Å². The predicted octanol–water partition coefficient (Wildman–Crippen LogP) is 3.02. The molecule has 0 radical (unpaired) electrons. The topological polar surface area (TPSA) is 33.1 Å². The van der Waals surface area contributed by atoms with Crippen LogP contribution in [0.1, 0.15) is 43.4 Å². The fourth-order valence-electron chi connectivity index (χ4n) is 3.17. The second-order valence-corrected chi connectivity index (χ2v) is 6.53. The monoisotopic (exact) mass is 237 g/mol. The van der Waals surface area contributed by atoms with Gasteiger partial charge in [0.25, 0.3) is 0 Å². The third kappa shape index (κ3) is 2.30. The van der Waals surface area contributed by atoms with Crippen LogP contribution in [0, 0.1) is 11.8 Å². The molecular weight excluding hydrogens is 218 g/mol. The molecule has 2 nitrogen and oxygen atoms in total. The number of aromatic nitrogens is 1. The summed E-state index contributed by atoms with van der Waals surface area (Å²) in [5, 5.41) is 10.7. The zero-order chi connectivity index (χ0) is 11.0. The van der Waals surface area contributed by atoms with Crippen LogP contribution in [-0.4, -0.2) is 15.7 Å². The average Bonchev–Trinajstić information content (AvgIpc) is 2.99. The Morgan fingerprint density at radius 1 is 1.38 bits per heavy atom. The Morgan fingerprint density at radius 2 is 2.25 bits per heavy atom. The number of rotatable bonds is 3. The van der Waals surface area contributed by atoms with Gasteiger partial charge in [-0.1, -0.05) is 6.42 Å². The minimum Gasteiger partial charge on any atom is -0.390 e. The molecule has 0 aromatic carbocycles. The molecule has 2 aliphatic rings. The van der Waals surface area contributed by atoms with Gasteiger partial charge in [0.05, 0.1) is 11.1 Å². The van der Waals surface area contributed by atoms with Gasteiger partial charge in [-0.2, -0.15) is 0 Å². The van der Waals surface area contributed by atoms with E-state index in [1.54, 1.807) is 11.3 Å². The number of nitrogens with zero attached hydrogens (tertiary/aromatic N) is 1. The van der Waals surface area contributed by atoms with E-state index in [4.69, 9.17) is 0 Å². The van der Waals surface area contributed by atoms with Crippen LogP contribution in [0.5, 0.6) is 0 Å². The van der Waals surface area contributed by atoms with Crippen LogP contribution in [-0.2, 0) is 6.42 Å². The van der Waals surface area contributed by atoms with Crippen molar-refractivity contribution in [3.05, 3.63) is 16.6 Å². The lowest BCUT2D eigenvalue weighted by molar-refractivity contribution is -0.0189. The molecule has 0 amide bonds. The zero-order valence-corrected chi connectivity index (χ0v) is 10.4. The minimum absolute atomic E-state index is 0.432. The van der Waals surface area contributed by atoms with E-state index in [-0.39, 0.29) is 0 Å². The smallest absolute Gasteiger partial charge is 0.0794 e. The maximum absolute atomic E-state index is 10.7. The molecule has 1 N–H and O–H groups in total. The van der Waals surface area contributed by atoms with Gasteiger partial charge in [-0.05, 0) is 43.9 Å². The molecule has 0 saturated heterocycles. The van der Waals surface area contributed by atoms with Crippen molar-refractivity contribution in [1.82, 2.24) is 4.98 Å². The molecule has 0 bridgehead atoms. The molecule has 2 saturated carbocycles. The van der Waals surface area contributed by atoms with Crippen molar-refractivity contribution < 1.29 is 5.11 Å². The van der Waals surface area contributed by atoms with E-state index >= 15 is 0 Å². The molecule has 2 fully saturated rings. The molecule has 2 aliphatic carbocycles. The lowest BCUT2D eigenvalue weighted by Crippen LogP contribution is -2.37. The lowest BCUT2D eigenvalue weighted by atomic mass is 9.74. The van der Waals surface area contributed by atoms with Gasteiger partial charge in [0.2, 0.25) is 0 Å². The summed E-state index contributed by atoms with van der Waals surface area (Å²) in [7, 11) is 0. The summed E-state index contributed by atoms with van der Waals surface area (Å²) in [6.07, 6.45) is 10.1. The number of hydrogen-bond acceptors (Lipinski definition) is 3. The number of hydrogen-bond donors (Lipinski definition) is 1. The molecule has 88 valence electrons. The van der Waals surface area contributed by atoms with E-state index in [9.17, 15) is 5.11 Å². The Balaban J connectivity index is 1.66. The van der Waals surface area contributed by atoms with Gasteiger partial charge >= 0.3 is 0 Å². The summed E-state index contributed by atoms with van der Waals surface area (Å²) in [6, 6.07) is 0. The SMILES string of the molecule is OC1(Cc2cncs2)CCCC(C2CC2)C1. The molecule has 16 heavy (non-hydrogen) atoms. The first-order valence-electron chi connectivity index (χ1n) is 6.35. The Labute approximate surface area is 101 Å². The summed E-state index contributed by atoms with van der Waals surface area (Å²) < 4.78 is 0. The van der Waals surface area contributed by atoms with E-state index < -0.39 is 5.60 Å². The number of aliphatic hydroxyl groups is 1. The van der Waals surface area contributed by atoms with Crippen LogP contribution in [0.2, 0.25) is 0 Å². The summed E-state index contributed by atoms with van der Waals surface area (Å²) in [6.45, 7) is 0. The molecule has 3 rings (SSSR count). The van der Waals surface area contributed by atoms with Crippen molar-refractivity contribution in [2.45, 2.75) is 50.5 Å². The lowest BCUT2D eigenvalue weighted by Gasteiger charge is -2.36. The quantitative estimate of drug-likeness (QED) is 0.876. The molecule has 2 unspecified atom stereocenters. The fourth-order valence-corrected chi connectivity index (χ4v) is 3.90. The minimum atomic E-state index is -0.432. The van der Waals surface area contributed by atoms with Crippen molar-refractivity contribution in [2.75, 3.05) is 0 Å². The van der Waals surface area contributed by atoms with Gasteiger partial charge in [-0.25, -0.2) is 0 Å². The van der Waals surface area contributed by atoms with Gasteiger partial charge in [0.1, 0.15) is 0 Å². The van der Waals surface area contributed by atoms with Crippen LogP contribution in [0.25, 0.3) is 0 Å². The highest BCUT2D eigenvalue weighted by Crippen LogP contribution is 2.47. The first-order valence-corrected chi connectivity index (χ1v) is 7.23. The molecule has 1 aromatic rings. The van der Waals surface area contributed by atoms with Crippen LogP contribution >= 0.6 is 11.3 Å². The molecule has 1 heterocycles. The van der Waals surface area contributed by atoms with E-state index in [1.807, 2.05) is 11.7 Å². The fraction of sp³-hybridized carbons (Fsp3) is 0.769. The van der Waals surface area contributed by atoms with Gasteiger partial charge in [-0.15, -0.1) is 11.3 Å². The Kier molecular flexibility index (Phi) is 2.76. The molecule has 2 atom stereocenters. The summed E-state index contributed by atoms with van der Waals surface area (Å²) >= 11 is 1.67. The molecule has 3 heteroatoms. The van der Waals surface area contributed by atoms with E-state index in [1.165, 1.54) is 30.6 Å². The number of thiazole rings is 1. The average molecular weight is 237 g/mol. The highest BCUT2D eigenvalue weighted by molar-refractivity contribution is 7.09. The summed E-state index contributed by atoms with van der Waals surface area (Å²) in [5.74, 6) is 1.74. The third-order valence-electron chi connectivity index (χ3n) is 4.13. The van der Waals surface area contributed by atoms with Crippen molar-refractivity contribution in [2.24, 2.45) is 11.8 Å². The highest BCUT2D eigenvalue weighted by atomic mass is 32.1. The Hall–Kier alpha value is -0.410. The molecule has 1 aromatic heterocycles. The van der Waals surface area contributed by atoms with Crippen LogP contribution in [0.4, 0.5) is 0 Å². The van der Waals surface area contributed by atoms with Crippen LogP contribution in [0.15, 0.2) is 11.7 Å². The van der Waals surface area contributed by atoms with Crippen LogP contribution in [0.3, 0.4) is 0 Å². The van der Waals surface area contributed by atoms with Crippen molar-refractivity contribution >= 4 is 11.3 Å². The molecular formula is C13H19NOS. The maximum atomic E-state index is 10.7. The third-order valence-corrected chi connectivity index (χ3v) is 4.91. The summed E-state index contributed by atoms with van der Waals surface area (Å²) in [4.78, 5) is 5.33. The van der Waals surface area contributed by atoms with Gasteiger partial charge in [-0.3, -0.25) is 4.98 Å². The zero-order valence-electron chi connectivity index (χ0n) is 9.56. The molecule has 0 spiro atoms. The van der Waals surface area contributed by atoms with E-state index in [0.717, 1.165) is 31.1 Å². The van der Waals surface area contributed by atoms with Gasteiger partial charge < -0.3 is 5.11 Å². The predicted molar refractivity (Wildman–Crippen MR) is 65.4 cm³/mol. The molecule has 0 aliphatic heterocycles. The maximum Gasteiger partial charge on any atom is 0.0794 e. The summed E-state index contributed by atoms with van der Waals surface area (Å²) in [5.41, 5.74) is 1.43. The van der Waals surface area contributed by atoms with Crippen molar-refractivity contribution in [1.29, 1.82) is 0 Å². The van der Waals surface area contributed by atoms with Gasteiger partial charge in [0, 0.05) is 17.5 Å². The van der Waals surface area contributed by atoms with Gasteiger partial charge in [0.15, 0.2) is 0 Å². The first kappa shape index (κ1) is 10.7. The second kappa shape index (κ2) is 4.11. The normalized spacial score (nSPS) is 35.2. The Morgan fingerprint density at radius 3 is 2.94 bits per heavy atom. The largest absolute Gasteiger partial charge is 0.390 e. The van der Waals surface area contributed by atoms with Crippen LogP contribution < -0.4 is 0 Å². The Bertz CT molecular complexity index is 347.